The molecule has 1 unspecified atom stereocenters. The number of hydrogen-bond acceptors (Lipinski definition) is 5. The number of rotatable bonds is 4. The zero-order valence-corrected chi connectivity index (χ0v) is 15.9. The predicted molar refractivity (Wildman–Crippen MR) is 103 cm³/mol. The lowest BCUT2D eigenvalue weighted by atomic mass is 10.1. The summed E-state index contributed by atoms with van der Waals surface area (Å²) < 4.78 is 6.19. The Kier molecular flexibility index (Phi) is 4.60. The van der Waals surface area contributed by atoms with Crippen molar-refractivity contribution in [2.45, 2.75) is 6.42 Å². The van der Waals surface area contributed by atoms with Gasteiger partial charge in [-0.25, -0.2) is 4.98 Å². The van der Waals surface area contributed by atoms with Crippen LogP contribution in [0.4, 0.5) is 10.8 Å². The normalized spacial score (nSPS) is 16.9. The first-order chi connectivity index (χ1) is 12.6. The summed E-state index contributed by atoms with van der Waals surface area (Å²) in [4.78, 5) is 30.9. The van der Waals surface area contributed by atoms with Crippen LogP contribution in [0.3, 0.4) is 0 Å². The second kappa shape index (κ2) is 7.05. The number of benzene rings is 1. The molecule has 1 N–H and O–H groups in total. The highest BCUT2D eigenvalue weighted by molar-refractivity contribution is 9.10. The topological polar surface area (TPSA) is 75.4 Å². The molecular formula is C18H14BrN3O3S. The maximum absolute atomic E-state index is 12.5. The van der Waals surface area contributed by atoms with Crippen molar-refractivity contribution in [1.82, 2.24) is 4.98 Å². The lowest BCUT2D eigenvalue weighted by Gasteiger charge is -2.16. The number of anilines is 2. The van der Waals surface area contributed by atoms with Gasteiger partial charge in [-0.1, -0.05) is 22.0 Å². The number of thiazole rings is 1. The molecule has 1 atom stereocenters. The lowest BCUT2D eigenvalue weighted by molar-refractivity contribution is -0.122. The van der Waals surface area contributed by atoms with Crippen molar-refractivity contribution in [3.05, 3.63) is 52.5 Å². The quantitative estimate of drug-likeness (QED) is 0.672. The average Bonchev–Trinajstić information content (AvgIpc) is 3.34. The zero-order valence-electron chi connectivity index (χ0n) is 13.5. The molecule has 0 aliphatic carbocycles. The number of nitrogens with one attached hydrogen (secondary N) is 1. The molecule has 0 bridgehead atoms. The Morgan fingerprint density at radius 1 is 1.35 bits per heavy atom. The molecule has 2 amide bonds. The second-order valence-electron chi connectivity index (χ2n) is 5.89. The van der Waals surface area contributed by atoms with Gasteiger partial charge in [-0.05, 0) is 30.3 Å². The van der Waals surface area contributed by atoms with Crippen molar-refractivity contribution in [3.63, 3.8) is 0 Å². The van der Waals surface area contributed by atoms with Crippen LogP contribution in [-0.4, -0.2) is 23.3 Å². The first-order valence-electron chi connectivity index (χ1n) is 7.96. The molecule has 1 aromatic carbocycles. The number of carbonyl (C=O) groups excluding carboxylic acids is 2. The van der Waals surface area contributed by atoms with E-state index in [-0.39, 0.29) is 18.2 Å². The van der Waals surface area contributed by atoms with Crippen molar-refractivity contribution >= 4 is 49.9 Å². The molecule has 0 radical (unpaired) electrons. The molecule has 1 fully saturated rings. The Morgan fingerprint density at radius 3 is 3.00 bits per heavy atom. The maximum atomic E-state index is 12.5. The Hall–Kier alpha value is -2.45. The van der Waals surface area contributed by atoms with E-state index in [9.17, 15) is 9.59 Å². The van der Waals surface area contributed by atoms with Gasteiger partial charge in [0.05, 0.1) is 12.2 Å². The van der Waals surface area contributed by atoms with Gasteiger partial charge in [-0.3, -0.25) is 9.59 Å². The fraction of sp³-hybridized carbons (Fsp3) is 0.167. The van der Waals surface area contributed by atoms with Crippen LogP contribution >= 0.6 is 27.3 Å². The highest BCUT2D eigenvalue weighted by atomic mass is 79.9. The number of nitrogens with zero attached hydrogens (tertiary/aromatic N) is 2. The summed E-state index contributed by atoms with van der Waals surface area (Å²) in [7, 11) is 0. The van der Waals surface area contributed by atoms with Gasteiger partial charge in [0, 0.05) is 28.5 Å². The zero-order chi connectivity index (χ0) is 18.1. The first kappa shape index (κ1) is 17.0. The molecule has 2 aromatic heterocycles. The molecule has 26 heavy (non-hydrogen) atoms. The van der Waals surface area contributed by atoms with E-state index in [2.05, 4.69) is 26.2 Å². The van der Waals surface area contributed by atoms with Crippen molar-refractivity contribution in [1.29, 1.82) is 0 Å². The summed E-state index contributed by atoms with van der Waals surface area (Å²) in [6.07, 6.45) is 1.77. The SMILES string of the molecule is O=C(Nc1nc(-c2ccco2)cs1)C1CC(=O)N(c2cccc(Br)c2)C1. The monoisotopic (exact) mass is 431 g/mol. The predicted octanol–water partition coefficient (Wildman–Crippen LogP) is 4.16. The lowest BCUT2D eigenvalue weighted by Crippen LogP contribution is -2.28. The Bertz CT molecular complexity index is 954. The van der Waals surface area contributed by atoms with Crippen molar-refractivity contribution in [3.8, 4) is 11.5 Å². The van der Waals surface area contributed by atoms with Gasteiger partial charge in [0.1, 0.15) is 5.69 Å². The summed E-state index contributed by atoms with van der Waals surface area (Å²) in [6, 6.07) is 11.1. The second-order valence-corrected chi connectivity index (χ2v) is 7.66. The van der Waals surface area contributed by atoms with Gasteiger partial charge in [0.15, 0.2) is 10.9 Å². The van der Waals surface area contributed by atoms with E-state index in [4.69, 9.17) is 4.42 Å². The Morgan fingerprint density at radius 2 is 2.23 bits per heavy atom. The third-order valence-electron chi connectivity index (χ3n) is 4.12. The molecule has 0 spiro atoms. The van der Waals surface area contributed by atoms with Crippen LogP contribution in [0.5, 0.6) is 0 Å². The van der Waals surface area contributed by atoms with Crippen LogP contribution in [0.25, 0.3) is 11.5 Å². The summed E-state index contributed by atoms with van der Waals surface area (Å²) in [5.41, 5.74) is 1.46. The van der Waals surface area contributed by atoms with Gasteiger partial charge in [-0.15, -0.1) is 11.3 Å². The highest BCUT2D eigenvalue weighted by Gasteiger charge is 2.35. The Labute approximate surface area is 162 Å². The molecule has 4 rings (SSSR count). The average molecular weight is 432 g/mol. The van der Waals surface area contributed by atoms with Crippen molar-refractivity contribution in [2.75, 3.05) is 16.8 Å². The summed E-state index contributed by atoms with van der Waals surface area (Å²) in [5.74, 6) is -0.00841. The minimum absolute atomic E-state index is 0.0568. The van der Waals surface area contributed by atoms with E-state index in [1.54, 1.807) is 17.2 Å². The van der Waals surface area contributed by atoms with Crippen LogP contribution in [-0.2, 0) is 9.59 Å². The van der Waals surface area contributed by atoms with Gasteiger partial charge in [0.25, 0.3) is 0 Å². The summed E-state index contributed by atoms with van der Waals surface area (Å²) in [6.45, 7) is 0.359. The molecule has 1 aliphatic rings. The largest absolute Gasteiger partial charge is 0.463 e. The number of aromatic nitrogens is 1. The molecule has 132 valence electrons. The number of amides is 2. The van der Waals surface area contributed by atoms with Crippen LogP contribution in [0.1, 0.15) is 6.42 Å². The van der Waals surface area contributed by atoms with Gasteiger partial charge in [0.2, 0.25) is 11.8 Å². The number of halogens is 1. The van der Waals surface area contributed by atoms with E-state index in [1.165, 1.54) is 11.3 Å². The van der Waals surface area contributed by atoms with Crippen molar-refractivity contribution in [2.24, 2.45) is 5.92 Å². The molecule has 3 aromatic rings. The van der Waals surface area contributed by atoms with Crippen LogP contribution in [0.2, 0.25) is 0 Å². The summed E-state index contributed by atoms with van der Waals surface area (Å²) in [5, 5.41) is 5.13. The van der Waals surface area contributed by atoms with Gasteiger partial charge < -0.3 is 14.6 Å². The van der Waals surface area contributed by atoms with Crippen LogP contribution < -0.4 is 10.2 Å². The fourth-order valence-electron chi connectivity index (χ4n) is 2.85. The third-order valence-corrected chi connectivity index (χ3v) is 5.37. The number of carbonyl (C=O) groups is 2. The fourth-order valence-corrected chi connectivity index (χ4v) is 3.94. The molecule has 0 saturated carbocycles. The van der Waals surface area contributed by atoms with Gasteiger partial charge in [-0.2, -0.15) is 0 Å². The van der Waals surface area contributed by atoms with Crippen molar-refractivity contribution < 1.29 is 14.0 Å². The number of hydrogen-bond donors (Lipinski definition) is 1. The third kappa shape index (κ3) is 3.42. The molecule has 1 saturated heterocycles. The first-order valence-corrected chi connectivity index (χ1v) is 9.63. The van der Waals surface area contributed by atoms with Crippen LogP contribution in [0, 0.1) is 5.92 Å². The van der Waals surface area contributed by atoms with E-state index in [0.717, 1.165) is 10.2 Å². The van der Waals surface area contributed by atoms with E-state index in [1.807, 2.05) is 35.7 Å². The minimum atomic E-state index is -0.405. The molecular weight excluding hydrogens is 418 g/mol. The maximum Gasteiger partial charge on any atom is 0.231 e. The highest BCUT2D eigenvalue weighted by Crippen LogP contribution is 2.29. The van der Waals surface area contributed by atoms with E-state index < -0.39 is 5.92 Å². The molecule has 1 aliphatic heterocycles. The number of furan rings is 1. The van der Waals surface area contributed by atoms with E-state index in [0.29, 0.717) is 23.1 Å². The minimum Gasteiger partial charge on any atom is -0.463 e. The smallest absolute Gasteiger partial charge is 0.231 e. The van der Waals surface area contributed by atoms with E-state index >= 15 is 0 Å². The van der Waals surface area contributed by atoms with Crippen LogP contribution in [0.15, 0.2) is 56.9 Å². The molecule has 8 heteroatoms. The molecule has 3 heterocycles. The standard InChI is InChI=1S/C18H14BrN3O3S/c19-12-3-1-4-13(8-12)22-9-11(7-16(22)23)17(24)21-18-20-14(10-26-18)15-5-2-6-25-15/h1-6,8,10-11H,7,9H2,(H,20,21,24). The van der Waals surface area contributed by atoms with Gasteiger partial charge >= 0.3 is 0 Å². The molecule has 6 nitrogen and oxygen atoms in total. The summed E-state index contributed by atoms with van der Waals surface area (Å²) >= 11 is 4.73. The Balaban J connectivity index is 1.44.